The Hall–Kier alpha value is -1.46. The lowest BCUT2D eigenvalue weighted by atomic mass is 10.3. The molecule has 0 radical (unpaired) electrons. The number of carbonyl (C=O) groups is 1. The fraction of sp³-hybridized carbons (Fsp3) is 0.400. The number of ether oxygens (including phenoxy) is 2. The third-order valence-corrected chi connectivity index (χ3v) is 1.99. The molecule has 1 saturated heterocycles. The van der Waals surface area contributed by atoms with E-state index in [0.29, 0.717) is 24.6 Å². The summed E-state index contributed by atoms with van der Waals surface area (Å²) >= 11 is 0. The van der Waals surface area contributed by atoms with Crippen molar-refractivity contribution in [3.63, 3.8) is 0 Å². The zero-order valence-electron chi connectivity index (χ0n) is 8.40. The number of anilines is 1. The average molecular weight is 208 g/mol. The minimum Gasteiger partial charge on any atom is -0.345 e. The minimum atomic E-state index is -0.465. The van der Waals surface area contributed by atoms with Gasteiger partial charge in [0.1, 0.15) is 5.69 Å². The van der Waals surface area contributed by atoms with Gasteiger partial charge in [-0.25, -0.2) is 0 Å². The van der Waals surface area contributed by atoms with Gasteiger partial charge in [0.05, 0.1) is 18.9 Å². The van der Waals surface area contributed by atoms with Crippen LogP contribution in [0.25, 0.3) is 0 Å². The number of nitrogens with one attached hydrogen (secondary N) is 1. The topological polar surface area (TPSA) is 60.5 Å². The van der Waals surface area contributed by atoms with Gasteiger partial charge in [-0.05, 0) is 12.1 Å². The summed E-state index contributed by atoms with van der Waals surface area (Å²) in [5.74, 6) is -0.137. The Labute approximate surface area is 87.4 Å². The first-order chi connectivity index (χ1) is 7.27. The fourth-order valence-electron chi connectivity index (χ4n) is 1.42. The summed E-state index contributed by atoms with van der Waals surface area (Å²) < 4.78 is 10.7. The van der Waals surface area contributed by atoms with E-state index in [2.05, 4.69) is 10.3 Å². The van der Waals surface area contributed by atoms with Crippen LogP contribution in [0.15, 0.2) is 18.3 Å². The van der Waals surface area contributed by atoms with Crippen LogP contribution in [-0.2, 0) is 14.3 Å². The zero-order valence-corrected chi connectivity index (χ0v) is 8.40. The van der Waals surface area contributed by atoms with Gasteiger partial charge in [0.25, 0.3) is 0 Å². The molecule has 1 aromatic heterocycles. The molecule has 5 nitrogen and oxygen atoms in total. The normalized spacial score (nSPS) is 16.6. The first-order valence-electron chi connectivity index (χ1n) is 4.73. The molecule has 0 bridgehead atoms. The number of hydrogen-bond donors (Lipinski definition) is 1. The quantitative estimate of drug-likeness (QED) is 0.790. The van der Waals surface area contributed by atoms with Gasteiger partial charge < -0.3 is 14.8 Å². The summed E-state index contributed by atoms with van der Waals surface area (Å²) in [5.41, 5.74) is 1.25. The first kappa shape index (κ1) is 10.1. The van der Waals surface area contributed by atoms with Gasteiger partial charge in [0.15, 0.2) is 0 Å². The molecule has 2 heterocycles. The van der Waals surface area contributed by atoms with E-state index in [4.69, 9.17) is 9.47 Å². The highest BCUT2D eigenvalue weighted by Crippen LogP contribution is 2.27. The van der Waals surface area contributed by atoms with Crippen LogP contribution in [0.5, 0.6) is 0 Å². The SMILES string of the molecule is CC(=O)Nc1cccnc1C1OCCO1. The van der Waals surface area contributed by atoms with Crippen molar-refractivity contribution in [2.75, 3.05) is 18.5 Å². The summed E-state index contributed by atoms with van der Waals surface area (Å²) in [4.78, 5) is 15.1. The monoisotopic (exact) mass is 208 g/mol. The maximum Gasteiger partial charge on any atom is 0.221 e. The van der Waals surface area contributed by atoms with Crippen molar-refractivity contribution >= 4 is 11.6 Å². The Morgan fingerprint density at radius 2 is 2.27 bits per heavy atom. The lowest BCUT2D eigenvalue weighted by Gasteiger charge is -2.12. The number of amides is 1. The Kier molecular flexibility index (Phi) is 2.94. The number of nitrogens with zero attached hydrogens (tertiary/aromatic N) is 1. The van der Waals surface area contributed by atoms with Crippen LogP contribution in [0.1, 0.15) is 18.9 Å². The largest absolute Gasteiger partial charge is 0.345 e. The van der Waals surface area contributed by atoms with Crippen LogP contribution in [0.2, 0.25) is 0 Å². The maximum atomic E-state index is 11.0. The van der Waals surface area contributed by atoms with Gasteiger partial charge in [-0.15, -0.1) is 0 Å². The van der Waals surface area contributed by atoms with Crippen molar-refractivity contribution in [3.8, 4) is 0 Å². The highest BCUT2D eigenvalue weighted by molar-refractivity contribution is 5.89. The Morgan fingerprint density at radius 1 is 1.53 bits per heavy atom. The Morgan fingerprint density at radius 3 is 2.93 bits per heavy atom. The van der Waals surface area contributed by atoms with E-state index >= 15 is 0 Å². The van der Waals surface area contributed by atoms with Crippen molar-refractivity contribution in [1.29, 1.82) is 0 Å². The molecule has 0 saturated carbocycles. The first-order valence-corrected chi connectivity index (χ1v) is 4.73. The molecule has 0 spiro atoms. The second-order valence-corrected chi connectivity index (χ2v) is 3.19. The molecule has 1 amide bonds. The molecule has 0 unspecified atom stereocenters. The van der Waals surface area contributed by atoms with Gasteiger partial charge in [0.2, 0.25) is 12.2 Å². The highest BCUT2D eigenvalue weighted by Gasteiger charge is 2.22. The van der Waals surface area contributed by atoms with Crippen LogP contribution in [0.4, 0.5) is 5.69 Å². The van der Waals surface area contributed by atoms with E-state index in [1.165, 1.54) is 6.92 Å². The van der Waals surface area contributed by atoms with Gasteiger partial charge >= 0.3 is 0 Å². The molecule has 0 aliphatic carbocycles. The predicted molar refractivity (Wildman–Crippen MR) is 53.2 cm³/mol. The molecule has 1 aliphatic rings. The van der Waals surface area contributed by atoms with Gasteiger partial charge in [-0.1, -0.05) is 0 Å². The third kappa shape index (κ3) is 2.31. The highest BCUT2D eigenvalue weighted by atomic mass is 16.7. The van der Waals surface area contributed by atoms with E-state index in [1.54, 1.807) is 18.3 Å². The minimum absolute atomic E-state index is 0.137. The van der Waals surface area contributed by atoms with Gasteiger partial charge in [-0.3, -0.25) is 9.78 Å². The van der Waals surface area contributed by atoms with Crippen molar-refractivity contribution in [2.45, 2.75) is 13.2 Å². The molecule has 1 aliphatic heterocycles. The second kappa shape index (κ2) is 4.37. The Bertz CT molecular complexity index is 361. The number of rotatable bonds is 2. The van der Waals surface area contributed by atoms with E-state index < -0.39 is 6.29 Å². The molecule has 15 heavy (non-hydrogen) atoms. The Balaban J connectivity index is 2.24. The molecule has 1 N–H and O–H groups in total. The van der Waals surface area contributed by atoms with Crippen LogP contribution in [0.3, 0.4) is 0 Å². The number of pyridine rings is 1. The predicted octanol–water partition coefficient (Wildman–Crippen LogP) is 1.09. The molecule has 1 aromatic rings. The summed E-state index contributed by atoms with van der Waals surface area (Å²) in [5, 5.41) is 2.69. The lowest BCUT2D eigenvalue weighted by molar-refractivity contribution is -0.114. The number of carbonyl (C=O) groups excluding carboxylic acids is 1. The summed E-state index contributed by atoms with van der Waals surface area (Å²) in [6.07, 6.45) is 1.18. The molecule has 2 rings (SSSR count). The molecule has 1 fully saturated rings. The standard InChI is InChI=1S/C10H12N2O3/c1-7(13)12-8-3-2-4-11-9(8)10-14-5-6-15-10/h2-4,10H,5-6H2,1H3,(H,12,13). The van der Waals surface area contributed by atoms with Gasteiger partial charge in [-0.2, -0.15) is 0 Å². The number of aromatic nitrogens is 1. The lowest BCUT2D eigenvalue weighted by Crippen LogP contribution is -2.11. The van der Waals surface area contributed by atoms with Crippen molar-refractivity contribution < 1.29 is 14.3 Å². The van der Waals surface area contributed by atoms with Gasteiger partial charge in [0, 0.05) is 13.1 Å². The third-order valence-electron chi connectivity index (χ3n) is 1.99. The summed E-state index contributed by atoms with van der Waals surface area (Å²) in [6, 6.07) is 3.53. The molecular formula is C10H12N2O3. The van der Waals surface area contributed by atoms with E-state index in [0.717, 1.165) is 0 Å². The van der Waals surface area contributed by atoms with Crippen molar-refractivity contribution in [1.82, 2.24) is 4.98 Å². The van der Waals surface area contributed by atoms with Crippen LogP contribution in [0, 0.1) is 0 Å². The van der Waals surface area contributed by atoms with Crippen molar-refractivity contribution in [3.05, 3.63) is 24.0 Å². The fourth-order valence-corrected chi connectivity index (χ4v) is 1.42. The molecule has 80 valence electrons. The van der Waals surface area contributed by atoms with Crippen molar-refractivity contribution in [2.24, 2.45) is 0 Å². The van der Waals surface area contributed by atoms with Crippen LogP contribution >= 0.6 is 0 Å². The molecule has 5 heteroatoms. The zero-order chi connectivity index (χ0) is 10.7. The molecule has 0 atom stereocenters. The average Bonchev–Trinajstić information content (AvgIpc) is 2.70. The van der Waals surface area contributed by atoms with E-state index in [9.17, 15) is 4.79 Å². The van der Waals surface area contributed by atoms with Crippen LogP contribution < -0.4 is 5.32 Å². The smallest absolute Gasteiger partial charge is 0.221 e. The maximum absolute atomic E-state index is 11.0. The summed E-state index contributed by atoms with van der Waals surface area (Å²) in [7, 11) is 0. The van der Waals surface area contributed by atoms with Crippen LogP contribution in [-0.4, -0.2) is 24.1 Å². The van der Waals surface area contributed by atoms with E-state index in [1.807, 2.05) is 0 Å². The second-order valence-electron chi connectivity index (χ2n) is 3.19. The van der Waals surface area contributed by atoms with E-state index in [-0.39, 0.29) is 5.91 Å². The number of hydrogen-bond acceptors (Lipinski definition) is 4. The molecular weight excluding hydrogens is 196 g/mol. The summed E-state index contributed by atoms with van der Waals surface area (Å²) in [6.45, 7) is 2.56. The molecule has 0 aromatic carbocycles.